The summed E-state index contributed by atoms with van der Waals surface area (Å²) in [6.07, 6.45) is 0.692. The highest BCUT2D eigenvalue weighted by atomic mass is 28.2. The number of hydrogen-bond donors (Lipinski definition) is 0. The van der Waals surface area contributed by atoms with Gasteiger partial charge in [-0.2, -0.15) is 5.11 Å². The summed E-state index contributed by atoms with van der Waals surface area (Å²) in [5, 5.41) is 9.08. The Labute approximate surface area is 120 Å². The van der Waals surface area contributed by atoms with Crippen molar-refractivity contribution in [3.63, 3.8) is 0 Å². The average Bonchev–Trinajstić information content (AvgIpc) is 2.34. The van der Waals surface area contributed by atoms with Crippen LogP contribution in [0.25, 0.3) is 0 Å². The summed E-state index contributed by atoms with van der Waals surface area (Å²) in [6.45, 7) is 10.5. The van der Waals surface area contributed by atoms with Crippen molar-refractivity contribution >= 4 is 25.4 Å². The lowest BCUT2D eigenvalue weighted by molar-refractivity contribution is -0.128. The molecular formula is C11H27N3O3Si2. The number of carbonyl (C=O) groups excluding carboxylic acids is 1. The quantitative estimate of drug-likeness (QED) is 0.275. The molecule has 0 rings (SSSR count). The second-order valence-corrected chi connectivity index (χ2v) is 6.80. The van der Waals surface area contributed by atoms with Gasteiger partial charge in [0.1, 0.15) is 6.29 Å². The molecule has 0 radical (unpaired) electrons. The van der Waals surface area contributed by atoms with Crippen LogP contribution < -0.4 is 0 Å². The van der Waals surface area contributed by atoms with E-state index in [1.165, 1.54) is 11.9 Å². The highest BCUT2D eigenvalue weighted by Gasteiger charge is 2.29. The molecule has 0 aliphatic carbocycles. The van der Waals surface area contributed by atoms with Crippen molar-refractivity contribution in [2.24, 2.45) is 15.8 Å². The molecule has 0 aromatic carbocycles. The van der Waals surface area contributed by atoms with Gasteiger partial charge < -0.3 is 8.85 Å². The van der Waals surface area contributed by atoms with Crippen LogP contribution >= 0.6 is 0 Å². The van der Waals surface area contributed by atoms with Crippen LogP contribution in [0.4, 0.5) is 0 Å². The zero-order valence-electron chi connectivity index (χ0n) is 13.0. The lowest BCUT2D eigenvalue weighted by Crippen LogP contribution is -2.36. The Kier molecular flexibility index (Phi) is 9.06. The second kappa shape index (κ2) is 9.35. The molecule has 0 aromatic rings. The van der Waals surface area contributed by atoms with Crippen molar-refractivity contribution in [1.82, 2.24) is 5.01 Å². The first-order valence-corrected chi connectivity index (χ1v) is 10.7. The smallest absolute Gasteiger partial charge is 0.240 e. The summed E-state index contributed by atoms with van der Waals surface area (Å²) in [6, 6.07) is 0. The molecule has 0 aliphatic heterocycles. The summed E-state index contributed by atoms with van der Waals surface area (Å²) in [5.74, 6) is -0.124. The maximum Gasteiger partial charge on any atom is 0.240 e. The average molecular weight is 306 g/mol. The lowest BCUT2D eigenvalue weighted by atomic mass is 9.89. The molecule has 0 fully saturated rings. The highest BCUT2D eigenvalue weighted by molar-refractivity contribution is 6.26. The molecule has 0 bridgehead atoms. The van der Waals surface area contributed by atoms with Crippen molar-refractivity contribution < 1.29 is 13.6 Å². The topological polar surface area (TPSA) is 63.5 Å². The van der Waals surface area contributed by atoms with Crippen molar-refractivity contribution in [2.75, 3.05) is 13.6 Å². The molecule has 112 valence electrons. The van der Waals surface area contributed by atoms with E-state index in [0.717, 1.165) is 6.42 Å². The van der Waals surface area contributed by atoms with Gasteiger partial charge in [0, 0.05) is 19.4 Å². The van der Waals surface area contributed by atoms with E-state index < -0.39 is 19.5 Å². The maximum absolute atomic E-state index is 11.0. The Hall–Kier alpha value is -0.576. The Bertz CT molecular complexity index is 295. The Morgan fingerprint density at radius 3 is 2.26 bits per heavy atom. The minimum atomic E-state index is -0.495. The molecule has 8 heteroatoms. The van der Waals surface area contributed by atoms with Crippen molar-refractivity contribution in [2.45, 2.75) is 46.6 Å². The van der Waals surface area contributed by atoms with Crippen LogP contribution in [0.15, 0.2) is 10.3 Å². The number of hydrogen-bond acceptors (Lipinski definition) is 5. The molecule has 0 spiro atoms. The van der Waals surface area contributed by atoms with E-state index in [0.29, 0.717) is 6.54 Å². The van der Waals surface area contributed by atoms with Crippen LogP contribution in [-0.2, 0) is 13.6 Å². The lowest BCUT2D eigenvalue weighted by Gasteiger charge is -2.33. The van der Waals surface area contributed by atoms with Gasteiger partial charge in [-0.3, -0.25) is 4.79 Å². The van der Waals surface area contributed by atoms with Gasteiger partial charge in [0.25, 0.3) is 0 Å². The highest BCUT2D eigenvalue weighted by Crippen LogP contribution is 2.28. The van der Waals surface area contributed by atoms with Gasteiger partial charge in [-0.05, 0) is 6.42 Å². The summed E-state index contributed by atoms with van der Waals surface area (Å²) < 4.78 is 11.6. The van der Waals surface area contributed by atoms with Crippen molar-refractivity contribution in [3.8, 4) is 0 Å². The Morgan fingerprint density at radius 2 is 1.84 bits per heavy atom. The fourth-order valence-electron chi connectivity index (χ4n) is 1.46. The molecule has 1 amide bonds. The molecule has 0 unspecified atom stereocenters. The van der Waals surface area contributed by atoms with Gasteiger partial charge in [0.2, 0.25) is 5.91 Å². The van der Waals surface area contributed by atoms with Crippen molar-refractivity contribution in [1.29, 1.82) is 0 Å². The third-order valence-electron chi connectivity index (χ3n) is 2.78. The second-order valence-electron chi connectivity index (χ2n) is 4.98. The van der Waals surface area contributed by atoms with Gasteiger partial charge >= 0.3 is 0 Å². The third kappa shape index (κ3) is 7.55. The van der Waals surface area contributed by atoms with Crippen molar-refractivity contribution in [3.05, 3.63) is 0 Å². The van der Waals surface area contributed by atoms with E-state index in [2.05, 4.69) is 37.3 Å². The number of nitrogens with zero attached hydrogens (tertiary/aromatic N) is 3. The zero-order valence-corrected chi connectivity index (χ0v) is 15.8. The standard InChI is InChI=1S/C11H27N3O3Si2/c1-9(15)14(4)13-12-8-7-11(2,3)10(16-18-5)17-19-6/h10H,7-8,18-19H2,1-6H3. The fourth-order valence-corrected chi connectivity index (χ4v) is 3.35. The molecule has 0 atom stereocenters. The van der Waals surface area contributed by atoms with E-state index in [9.17, 15) is 4.79 Å². The first kappa shape index (κ1) is 18.4. The normalized spacial score (nSPS) is 15.1. The molecular weight excluding hydrogens is 278 g/mol. The maximum atomic E-state index is 11.0. The number of rotatable bonds is 9. The predicted molar refractivity (Wildman–Crippen MR) is 81.3 cm³/mol. The summed E-state index contributed by atoms with van der Waals surface area (Å²) in [7, 11) is 0.604. The predicted octanol–water partition coefficient (Wildman–Crippen LogP) is 0.871. The zero-order chi connectivity index (χ0) is 14.9. The summed E-state index contributed by atoms with van der Waals surface area (Å²) >= 11 is 0. The Balaban J connectivity index is 4.30. The molecule has 19 heavy (non-hydrogen) atoms. The molecule has 0 saturated carbocycles. The molecule has 0 aromatic heterocycles. The number of amides is 1. The van der Waals surface area contributed by atoms with Gasteiger partial charge in [0.05, 0.1) is 6.54 Å². The first-order chi connectivity index (χ1) is 8.85. The summed E-state index contributed by atoms with van der Waals surface area (Å²) in [4.78, 5) is 11.0. The largest absolute Gasteiger partial charge is 0.400 e. The molecule has 0 aliphatic rings. The van der Waals surface area contributed by atoms with Crippen LogP contribution in [-0.4, -0.2) is 50.3 Å². The van der Waals surface area contributed by atoms with Gasteiger partial charge in [-0.15, -0.1) is 0 Å². The SMILES string of the molecule is C[SiH2]OC(O[SiH2]C)C(C)(C)CCN=NN(C)C(C)=O. The van der Waals surface area contributed by atoms with Crippen LogP contribution in [0.5, 0.6) is 0 Å². The van der Waals surface area contributed by atoms with Gasteiger partial charge in [-0.25, -0.2) is 5.01 Å². The minimum absolute atomic E-state index is 0.0835. The number of carbonyl (C=O) groups is 1. The third-order valence-corrected chi connectivity index (χ3v) is 4.06. The van der Waals surface area contributed by atoms with Crippen LogP contribution in [0.2, 0.25) is 13.1 Å². The molecule has 0 saturated heterocycles. The first-order valence-electron chi connectivity index (χ1n) is 6.70. The minimum Gasteiger partial charge on any atom is -0.400 e. The van der Waals surface area contributed by atoms with Crippen LogP contribution in [0.1, 0.15) is 27.2 Å². The fraction of sp³-hybridized carbons (Fsp3) is 0.909. The van der Waals surface area contributed by atoms with Gasteiger partial charge in [-0.1, -0.05) is 32.2 Å². The summed E-state index contributed by atoms with van der Waals surface area (Å²) in [5.41, 5.74) is -0.0835. The van der Waals surface area contributed by atoms with Crippen LogP contribution in [0.3, 0.4) is 0 Å². The van der Waals surface area contributed by atoms with Gasteiger partial charge in [0.15, 0.2) is 19.5 Å². The molecule has 0 heterocycles. The van der Waals surface area contributed by atoms with E-state index in [4.69, 9.17) is 8.85 Å². The monoisotopic (exact) mass is 305 g/mol. The van der Waals surface area contributed by atoms with E-state index in [1.807, 2.05) is 0 Å². The molecule has 0 N–H and O–H groups in total. The Morgan fingerprint density at radius 1 is 1.32 bits per heavy atom. The molecule has 6 nitrogen and oxygen atoms in total. The van der Waals surface area contributed by atoms with E-state index >= 15 is 0 Å². The van der Waals surface area contributed by atoms with E-state index in [1.54, 1.807) is 7.05 Å². The van der Waals surface area contributed by atoms with E-state index in [-0.39, 0.29) is 17.6 Å². The van der Waals surface area contributed by atoms with Crippen LogP contribution in [0, 0.1) is 5.41 Å².